The summed E-state index contributed by atoms with van der Waals surface area (Å²) in [5, 5.41) is 13.8. The van der Waals surface area contributed by atoms with Gasteiger partial charge in [-0.15, -0.1) is 0 Å². The van der Waals surface area contributed by atoms with E-state index in [4.69, 9.17) is 9.26 Å². The van der Waals surface area contributed by atoms with E-state index in [2.05, 4.69) is 25.7 Å². The van der Waals surface area contributed by atoms with Crippen molar-refractivity contribution < 1.29 is 14.1 Å². The van der Waals surface area contributed by atoms with Crippen LogP contribution in [-0.2, 0) is 16.0 Å². The van der Waals surface area contributed by atoms with Crippen LogP contribution in [0.5, 0.6) is 0 Å². The molecule has 0 aliphatic carbocycles. The Kier molecular flexibility index (Phi) is 5.44. The summed E-state index contributed by atoms with van der Waals surface area (Å²) in [4.78, 5) is 18.7. The molecule has 0 aromatic carbocycles. The van der Waals surface area contributed by atoms with E-state index in [-0.39, 0.29) is 24.5 Å². The average Bonchev–Trinajstić information content (AvgIpc) is 3.24. The summed E-state index contributed by atoms with van der Waals surface area (Å²) in [6.07, 6.45) is 0.567. The number of hydrogen-bond donors (Lipinski definition) is 2. The van der Waals surface area contributed by atoms with Gasteiger partial charge in [0.15, 0.2) is 5.82 Å². The van der Waals surface area contributed by atoms with Crippen LogP contribution in [0.1, 0.15) is 50.1 Å². The number of ether oxygens (including phenoxy) is 1. The summed E-state index contributed by atoms with van der Waals surface area (Å²) in [7, 11) is 0. The van der Waals surface area contributed by atoms with Gasteiger partial charge in [0.05, 0.1) is 18.8 Å². The number of amides is 1. The Bertz CT molecular complexity index is 710. The van der Waals surface area contributed by atoms with Crippen molar-refractivity contribution in [3.63, 3.8) is 0 Å². The lowest BCUT2D eigenvalue weighted by molar-refractivity contribution is -0.119. The molecule has 1 amide bonds. The molecule has 0 radical (unpaired) electrons. The molecule has 0 bridgehead atoms. The molecule has 1 fully saturated rings. The molecule has 1 atom stereocenters. The molecule has 1 aliphatic heterocycles. The van der Waals surface area contributed by atoms with Crippen LogP contribution in [-0.4, -0.2) is 57.4 Å². The second kappa shape index (κ2) is 7.75. The molecule has 2 aromatic heterocycles. The topological polar surface area (TPSA) is 109 Å². The van der Waals surface area contributed by atoms with Gasteiger partial charge < -0.3 is 9.26 Å². The quantitative estimate of drug-likeness (QED) is 0.814. The van der Waals surface area contributed by atoms with Gasteiger partial charge in [-0.1, -0.05) is 25.9 Å². The average molecular weight is 348 g/mol. The summed E-state index contributed by atoms with van der Waals surface area (Å²) in [5.41, 5.74) is 0.818. The third-order valence-corrected chi connectivity index (χ3v) is 4.07. The molecule has 25 heavy (non-hydrogen) atoms. The standard InChI is InChI=1S/C16H24N6O3/c1-4-13-17-16(20-19-13)12-8-22(5-6-24-12)9-14(23)18-15-7-11(10(2)3)21-25-15/h7,10,12H,4-6,8-9H2,1-3H3,(H,18,23)(H,17,19,20)/t12-/m0/s1. The molecule has 136 valence electrons. The highest BCUT2D eigenvalue weighted by molar-refractivity contribution is 5.91. The molecule has 0 unspecified atom stereocenters. The molecule has 9 heteroatoms. The molecular formula is C16H24N6O3. The SMILES string of the molecule is CCc1nc([C@@H]2CN(CC(=O)Nc3cc(C(C)C)no3)CCO2)n[nH]1. The first-order valence-electron chi connectivity index (χ1n) is 8.56. The largest absolute Gasteiger partial charge is 0.367 e. The minimum Gasteiger partial charge on any atom is -0.367 e. The molecule has 3 heterocycles. The fourth-order valence-corrected chi connectivity index (χ4v) is 2.61. The second-order valence-corrected chi connectivity index (χ2v) is 6.41. The third-order valence-electron chi connectivity index (χ3n) is 4.07. The maximum atomic E-state index is 12.2. The van der Waals surface area contributed by atoms with Crippen LogP contribution in [0.3, 0.4) is 0 Å². The van der Waals surface area contributed by atoms with Crippen molar-refractivity contribution in [3.8, 4) is 0 Å². The van der Waals surface area contributed by atoms with Gasteiger partial charge in [0.2, 0.25) is 11.8 Å². The van der Waals surface area contributed by atoms with Gasteiger partial charge >= 0.3 is 0 Å². The highest BCUT2D eigenvalue weighted by atomic mass is 16.5. The normalized spacial score (nSPS) is 18.6. The Hall–Kier alpha value is -2.26. The molecule has 1 saturated heterocycles. The van der Waals surface area contributed by atoms with Crippen LogP contribution in [0.25, 0.3) is 0 Å². The fourth-order valence-electron chi connectivity index (χ4n) is 2.61. The lowest BCUT2D eigenvalue weighted by atomic mass is 10.1. The van der Waals surface area contributed by atoms with Crippen molar-refractivity contribution >= 4 is 11.8 Å². The number of hydrogen-bond acceptors (Lipinski definition) is 7. The molecular weight excluding hydrogens is 324 g/mol. The Balaban J connectivity index is 1.53. The summed E-state index contributed by atoms with van der Waals surface area (Å²) in [5.74, 6) is 1.96. The van der Waals surface area contributed by atoms with Gasteiger partial charge in [0, 0.05) is 25.6 Å². The van der Waals surface area contributed by atoms with E-state index in [1.165, 1.54) is 0 Å². The monoisotopic (exact) mass is 348 g/mol. The zero-order valence-electron chi connectivity index (χ0n) is 14.8. The number of anilines is 1. The van der Waals surface area contributed by atoms with Crippen LogP contribution < -0.4 is 5.32 Å². The third kappa shape index (κ3) is 4.43. The lowest BCUT2D eigenvalue weighted by Crippen LogP contribution is -2.42. The molecule has 3 rings (SSSR count). The molecule has 0 spiro atoms. The number of rotatable bonds is 6. The van der Waals surface area contributed by atoms with Gasteiger partial charge in [-0.2, -0.15) is 5.10 Å². The van der Waals surface area contributed by atoms with Crippen molar-refractivity contribution in [1.82, 2.24) is 25.2 Å². The van der Waals surface area contributed by atoms with Crippen LogP contribution in [0.4, 0.5) is 5.88 Å². The highest BCUT2D eigenvalue weighted by Gasteiger charge is 2.26. The first-order valence-corrected chi connectivity index (χ1v) is 8.56. The number of aryl methyl sites for hydroxylation is 1. The van der Waals surface area contributed by atoms with E-state index < -0.39 is 0 Å². The maximum Gasteiger partial charge on any atom is 0.240 e. The van der Waals surface area contributed by atoms with E-state index in [1.807, 2.05) is 25.7 Å². The number of H-pyrrole nitrogens is 1. The van der Waals surface area contributed by atoms with E-state index in [1.54, 1.807) is 6.07 Å². The molecule has 0 saturated carbocycles. The van der Waals surface area contributed by atoms with E-state index in [0.717, 1.165) is 17.9 Å². The second-order valence-electron chi connectivity index (χ2n) is 6.41. The van der Waals surface area contributed by atoms with Crippen molar-refractivity contribution in [2.45, 2.75) is 39.2 Å². The lowest BCUT2D eigenvalue weighted by Gasteiger charge is -2.30. The first-order chi connectivity index (χ1) is 12.0. The summed E-state index contributed by atoms with van der Waals surface area (Å²) in [6.45, 7) is 8.09. The van der Waals surface area contributed by atoms with Crippen molar-refractivity contribution in [2.75, 3.05) is 31.6 Å². The van der Waals surface area contributed by atoms with Gasteiger partial charge in [-0.05, 0) is 5.92 Å². The first kappa shape index (κ1) is 17.6. The van der Waals surface area contributed by atoms with Crippen LogP contribution in [0, 0.1) is 0 Å². The predicted octanol–water partition coefficient (Wildman–Crippen LogP) is 1.49. The number of aromatic nitrogens is 4. The molecule has 9 nitrogen and oxygen atoms in total. The number of nitrogens with zero attached hydrogens (tertiary/aromatic N) is 4. The Morgan fingerprint density at radius 3 is 3.04 bits per heavy atom. The predicted molar refractivity (Wildman–Crippen MR) is 90.1 cm³/mol. The maximum absolute atomic E-state index is 12.2. The van der Waals surface area contributed by atoms with Gasteiger partial charge in [0.25, 0.3) is 0 Å². The summed E-state index contributed by atoms with van der Waals surface area (Å²) < 4.78 is 10.9. The molecule has 1 aliphatic rings. The van der Waals surface area contributed by atoms with Gasteiger partial charge in [-0.25, -0.2) is 4.98 Å². The highest BCUT2D eigenvalue weighted by Crippen LogP contribution is 2.20. The minimum absolute atomic E-state index is 0.142. The van der Waals surface area contributed by atoms with Crippen molar-refractivity contribution in [2.24, 2.45) is 0 Å². The summed E-state index contributed by atoms with van der Waals surface area (Å²) in [6, 6.07) is 1.75. The number of nitrogens with one attached hydrogen (secondary N) is 2. The van der Waals surface area contributed by atoms with Crippen LogP contribution >= 0.6 is 0 Å². The molecule has 2 aromatic rings. The van der Waals surface area contributed by atoms with E-state index in [0.29, 0.717) is 31.4 Å². The van der Waals surface area contributed by atoms with Crippen LogP contribution in [0.15, 0.2) is 10.6 Å². The zero-order chi connectivity index (χ0) is 17.8. The van der Waals surface area contributed by atoms with Gasteiger partial charge in [-0.3, -0.25) is 20.1 Å². The van der Waals surface area contributed by atoms with Crippen LogP contribution in [0.2, 0.25) is 0 Å². The molecule has 2 N–H and O–H groups in total. The summed E-state index contributed by atoms with van der Waals surface area (Å²) >= 11 is 0. The Morgan fingerprint density at radius 1 is 1.52 bits per heavy atom. The fraction of sp³-hybridized carbons (Fsp3) is 0.625. The smallest absolute Gasteiger partial charge is 0.240 e. The van der Waals surface area contributed by atoms with E-state index in [9.17, 15) is 4.79 Å². The number of carbonyl (C=O) groups excluding carboxylic acids is 1. The number of aromatic amines is 1. The Morgan fingerprint density at radius 2 is 2.36 bits per heavy atom. The van der Waals surface area contributed by atoms with Crippen molar-refractivity contribution in [1.29, 1.82) is 0 Å². The van der Waals surface area contributed by atoms with Crippen molar-refractivity contribution in [3.05, 3.63) is 23.4 Å². The number of carbonyl (C=O) groups is 1. The van der Waals surface area contributed by atoms with Gasteiger partial charge in [0.1, 0.15) is 11.9 Å². The zero-order valence-corrected chi connectivity index (χ0v) is 14.8. The number of morpholine rings is 1. The minimum atomic E-state index is -0.226. The Labute approximate surface area is 146 Å². The van der Waals surface area contributed by atoms with E-state index >= 15 is 0 Å².